The minimum Gasteiger partial charge on any atom is -0.484 e. The van der Waals surface area contributed by atoms with Crippen molar-refractivity contribution in [1.82, 2.24) is 9.78 Å². The zero-order valence-electron chi connectivity index (χ0n) is 15.7. The summed E-state index contributed by atoms with van der Waals surface area (Å²) >= 11 is 0. The summed E-state index contributed by atoms with van der Waals surface area (Å²) in [5.41, 5.74) is 1.98. The van der Waals surface area contributed by atoms with E-state index in [1.807, 2.05) is 24.3 Å². The molecule has 0 aliphatic rings. The van der Waals surface area contributed by atoms with Crippen molar-refractivity contribution in [3.05, 3.63) is 41.1 Å². The molecular formula is C19H25N3O4. The van der Waals surface area contributed by atoms with Gasteiger partial charge in [0.05, 0.1) is 12.3 Å². The molecule has 7 nitrogen and oxygen atoms in total. The number of rotatable bonds is 8. The molecule has 1 aromatic heterocycles. The lowest BCUT2D eigenvalue weighted by Crippen LogP contribution is -2.23. The number of hydrogen-bond acceptors (Lipinski definition) is 5. The monoisotopic (exact) mass is 359 g/mol. The van der Waals surface area contributed by atoms with Gasteiger partial charge in [0.1, 0.15) is 17.1 Å². The van der Waals surface area contributed by atoms with Gasteiger partial charge in [-0.15, -0.1) is 0 Å². The van der Waals surface area contributed by atoms with E-state index in [9.17, 15) is 9.59 Å². The molecule has 0 spiro atoms. The Kier molecular flexibility index (Phi) is 6.77. The van der Waals surface area contributed by atoms with E-state index in [4.69, 9.17) is 9.47 Å². The van der Waals surface area contributed by atoms with Gasteiger partial charge < -0.3 is 14.8 Å². The van der Waals surface area contributed by atoms with Crippen LogP contribution in [0, 0.1) is 6.92 Å². The standard InChI is InChI=1S/C19H25N3O4/c1-5-7-14-8-10-15(11-9-14)26-12-16(23)20-18-17(19(24)25-6-2)13(3)21-22(18)4/h8-11H,5-7,12H2,1-4H3,(H,20,23). The third-order valence-electron chi connectivity index (χ3n) is 3.79. The minimum absolute atomic E-state index is 0.167. The lowest BCUT2D eigenvalue weighted by atomic mass is 10.1. The third kappa shape index (κ3) is 4.84. The Hall–Kier alpha value is -2.83. The summed E-state index contributed by atoms with van der Waals surface area (Å²) in [7, 11) is 1.65. The van der Waals surface area contributed by atoms with Crippen LogP contribution in [0.3, 0.4) is 0 Å². The summed E-state index contributed by atoms with van der Waals surface area (Å²) in [5.74, 6) is 0.0247. The highest BCUT2D eigenvalue weighted by atomic mass is 16.5. The van der Waals surface area contributed by atoms with Crippen LogP contribution in [-0.4, -0.2) is 34.9 Å². The first kappa shape index (κ1) is 19.5. The minimum atomic E-state index is -0.513. The van der Waals surface area contributed by atoms with Crippen molar-refractivity contribution >= 4 is 17.7 Å². The number of ether oxygens (including phenoxy) is 2. The fourth-order valence-electron chi connectivity index (χ4n) is 2.61. The predicted molar refractivity (Wildman–Crippen MR) is 98.5 cm³/mol. The average Bonchev–Trinajstić information content (AvgIpc) is 2.88. The maximum atomic E-state index is 12.2. The molecule has 140 valence electrons. The SMILES string of the molecule is CCCc1ccc(OCC(=O)Nc2c(C(=O)OCC)c(C)nn2C)cc1. The van der Waals surface area contributed by atoms with E-state index in [0.717, 1.165) is 12.8 Å². The number of nitrogens with zero attached hydrogens (tertiary/aromatic N) is 2. The predicted octanol–water partition coefficient (Wildman–Crippen LogP) is 2.88. The van der Waals surface area contributed by atoms with Crippen molar-refractivity contribution < 1.29 is 19.1 Å². The van der Waals surface area contributed by atoms with E-state index in [1.165, 1.54) is 10.2 Å². The number of nitrogens with one attached hydrogen (secondary N) is 1. The van der Waals surface area contributed by atoms with Gasteiger partial charge in [-0.3, -0.25) is 9.48 Å². The highest BCUT2D eigenvalue weighted by Crippen LogP contribution is 2.20. The number of carbonyl (C=O) groups is 2. The summed E-state index contributed by atoms with van der Waals surface area (Å²) < 4.78 is 12.0. The van der Waals surface area contributed by atoms with Crippen molar-refractivity contribution in [2.24, 2.45) is 7.05 Å². The van der Waals surface area contributed by atoms with Crippen molar-refractivity contribution in [2.75, 3.05) is 18.5 Å². The smallest absolute Gasteiger partial charge is 0.343 e. The second kappa shape index (κ2) is 9.03. The molecule has 2 rings (SSSR count). The summed E-state index contributed by atoms with van der Waals surface area (Å²) in [6, 6.07) is 7.66. The molecule has 2 aromatic rings. The molecule has 0 atom stereocenters. The number of esters is 1. The Morgan fingerprint density at radius 3 is 2.50 bits per heavy atom. The van der Waals surface area contributed by atoms with Gasteiger partial charge >= 0.3 is 5.97 Å². The van der Waals surface area contributed by atoms with Crippen LogP contribution in [0.4, 0.5) is 5.82 Å². The molecule has 0 aliphatic carbocycles. The van der Waals surface area contributed by atoms with Crippen LogP contribution in [0.2, 0.25) is 0 Å². The summed E-state index contributed by atoms with van der Waals surface area (Å²) in [4.78, 5) is 24.3. The maximum absolute atomic E-state index is 12.2. The molecule has 0 unspecified atom stereocenters. The van der Waals surface area contributed by atoms with Crippen LogP contribution in [0.25, 0.3) is 0 Å². The molecular weight excluding hydrogens is 334 g/mol. The van der Waals surface area contributed by atoms with E-state index in [-0.39, 0.29) is 24.7 Å². The largest absolute Gasteiger partial charge is 0.484 e. The zero-order valence-corrected chi connectivity index (χ0v) is 15.7. The Morgan fingerprint density at radius 1 is 1.19 bits per heavy atom. The zero-order chi connectivity index (χ0) is 19.1. The second-order valence-electron chi connectivity index (χ2n) is 5.88. The number of benzene rings is 1. The number of aryl methyl sites for hydroxylation is 3. The lowest BCUT2D eigenvalue weighted by Gasteiger charge is -2.10. The molecule has 0 saturated heterocycles. The normalized spacial score (nSPS) is 10.5. The van der Waals surface area contributed by atoms with Gasteiger partial charge in [0.25, 0.3) is 5.91 Å². The van der Waals surface area contributed by atoms with E-state index >= 15 is 0 Å². The van der Waals surface area contributed by atoms with Crippen LogP contribution >= 0.6 is 0 Å². The van der Waals surface area contributed by atoms with Crippen molar-refractivity contribution in [2.45, 2.75) is 33.6 Å². The molecule has 0 fully saturated rings. The Morgan fingerprint density at radius 2 is 1.88 bits per heavy atom. The van der Waals surface area contributed by atoms with Crippen molar-refractivity contribution in [1.29, 1.82) is 0 Å². The van der Waals surface area contributed by atoms with E-state index < -0.39 is 5.97 Å². The summed E-state index contributed by atoms with van der Waals surface area (Å²) in [5, 5.41) is 6.85. The van der Waals surface area contributed by atoms with E-state index in [1.54, 1.807) is 20.9 Å². The topological polar surface area (TPSA) is 82.4 Å². The molecule has 0 saturated carbocycles. The number of anilines is 1. The van der Waals surface area contributed by atoms with E-state index in [2.05, 4.69) is 17.3 Å². The van der Waals surface area contributed by atoms with Gasteiger partial charge in [-0.25, -0.2) is 4.79 Å². The maximum Gasteiger partial charge on any atom is 0.343 e. The number of amides is 1. The average molecular weight is 359 g/mol. The first-order valence-electron chi connectivity index (χ1n) is 8.68. The van der Waals surface area contributed by atoms with Crippen molar-refractivity contribution in [3.63, 3.8) is 0 Å². The molecule has 0 radical (unpaired) electrons. The molecule has 7 heteroatoms. The highest BCUT2D eigenvalue weighted by Gasteiger charge is 2.23. The van der Waals surface area contributed by atoms with Gasteiger partial charge in [-0.1, -0.05) is 25.5 Å². The van der Waals surface area contributed by atoms with Crippen molar-refractivity contribution in [3.8, 4) is 5.75 Å². The van der Waals surface area contributed by atoms with Crippen LogP contribution < -0.4 is 10.1 Å². The first-order chi connectivity index (χ1) is 12.5. The molecule has 0 bridgehead atoms. The number of hydrogen-bond donors (Lipinski definition) is 1. The van der Waals surface area contributed by atoms with Gasteiger partial charge in [0.15, 0.2) is 6.61 Å². The molecule has 1 amide bonds. The molecule has 26 heavy (non-hydrogen) atoms. The fourth-order valence-corrected chi connectivity index (χ4v) is 2.61. The fraction of sp³-hybridized carbons (Fsp3) is 0.421. The van der Waals surface area contributed by atoms with Crippen LogP contribution in [0.1, 0.15) is 41.9 Å². The number of carbonyl (C=O) groups excluding carboxylic acids is 2. The second-order valence-corrected chi connectivity index (χ2v) is 5.88. The molecule has 1 aromatic carbocycles. The molecule has 1 N–H and O–H groups in total. The Bertz CT molecular complexity index is 766. The summed E-state index contributed by atoms with van der Waals surface area (Å²) in [6.45, 7) is 5.62. The Labute approximate surface area is 153 Å². The van der Waals surface area contributed by atoms with E-state index in [0.29, 0.717) is 17.3 Å². The number of aromatic nitrogens is 2. The van der Waals surface area contributed by atoms with Gasteiger partial charge in [0.2, 0.25) is 0 Å². The quantitative estimate of drug-likeness (QED) is 0.733. The third-order valence-corrected chi connectivity index (χ3v) is 3.79. The summed E-state index contributed by atoms with van der Waals surface area (Å²) in [6.07, 6.45) is 2.09. The van der Waals surface area contributed by atoms with Crippen LogP contribution in [0.15, 0.2) is 24.3 Å². The van der Waals surface area contributed by atoms with Gasteiger partial charge in [-0.2, -0.15) is 5.10 Å². The van der Waals surface area contributed by atoms with Gasteiger partial charge in [0, 0.05) is 7.05 Å². The first-order valence-corrected chi connectivity index (χ1v) is 8.68. The highest BCUT2D eigenvalue weighted by molar-refractivity contribution is 6.01. The van der Waals surface area contributed by atoms with Crippen LogP contribution in [-0.2, 0) is 23.0 Å². The van der Waals surface area contributed by atoms with Gasteiger partial charge in [-0.05, 0) is 38.0 Å². The lowest BCUT2D eigenvalue weighted by molar-refractivity contribution is -0.118. The Balaban J connectivity index is 2.00. The molecule has 0 aliphatic heterocycles. The van der Waals surface area contributed by atoms with Crippen LogP contribution in [0.5, 0.6) is 5.75 Å². The molecule has 1 heterocycles.